The van der Waals surface area contributed by atoms with Crippen LogP contribution in [0.15, 0.2) is 46.9 Å². The molecule has 0 bridgehead atoms. The van der Waals surface area contributed by atoms with Crippen molar-refractivity contribution in [1.82, 2.24) is 9.80 Å². The van der Waals surface area contributed by atoms with Gasteiger partial charge in [-0.3, -0.25) is 9.69 Å². The first-order valence-electron chi connectivity index (χ1n) is 8.96. The molecule has 27 heavy (non-hydrogen) atoms. The van der Waals surface area contributed by atoms with Crippen LogP contribution < -0.4 is 0 Å². The van der Waals surface area contributed by atoms with E-state index in [0.717, 1.165) is 31.7 Å². The normalized spacial score (nSPS) is 15.9. The van der Waals surface area contributed by atoms with Gasteiger partial charge in [0.05, 0.1) is 19.2 Å². The van der Waals surface area contributed by atoms with E-state index in [-0.39, 0.29) is 5.78 Å². The average molecular weight is 368 g/mol. The van der Waals surface area contributed by atoms with Crippen LogP contribution in [0.1, 0.15) is 16.1 Å². The van der Waals surface area contributed by atoms with E-state index in [1.807, 2.05) is 30.3 Å². The van der Waals surface area contributed by atoms with Gasteiger partial charge in [-0.15, -0.1) is 0 Å². The van der Waals surface area contributed by atoms with Crippen LogP contribution in [0.3, 0.4) is 0 Å². The molecular weight excluding hydrogens is 344 g/mol. The number of ether oxygens (including phenoxy) is 1. The van der Waals surface area contributed by atoms with Crippen LogP contribution in [-0.2, 0) is 9.53 Å². The number of hydrogen-bond acceptors (Lipinski definition) is 6. The Morgan fingerprint density at radius 2 is 1.85 bits per heavy atom. The highest BCUT2D eigenvalue weighted by Gasteiger charge is 2.22. The molecule has 0 aliphatic carbocycles. The summed E-state index contributed by atoms with van der Waals surface area (Å²) in [4.78, 5) is 28.7. The minimum Gasteiger partial charge on any atom is -0.466 e. The number of furan rings is 1. The first-order chi connectivity index (χ1) is 13.1. The summed E-state index contributed by atoms with van der Waals surface area (Å²) in [6.07, 6.45) is 2.80. The van der Waals surface area contributed by atoms with Crippen molar-refractivity contribution in [2.24, 2.45) is 0 Å². The lowest BCUT2D eigenvalue weighted by atomic mass is 10.0. The number of esters is 1. The Kier molecular flexibility index (Phi) is 6.21. The topological polar surface area (TPSA) is 63.0 Å². The predicted molar refractivity (Wildman–Crippen MR) is 103 cm³/mol. The van der Waals surface area contributed by atoms with E-state index < -0.39 is 5.97 Å². The molecule has 142 valence electrons. The zero-order chi connectivity index (χ0) is 19.2. The van der Waals surface area contributed by atoms with Gasteiger partial charge in [-0.05, 0) is 19.2 Å². The van der Waals surface area contributed by atoms with Crippen LogP contribution in [0.5, 0.6) is 0 Å². The first kappa shape index (κ1) is 19.1. The van der Waals surface area contributed by atoms with Gasteiger partial charge in [-0.1, -0.05) is 30.3 Å². The van der Waals surface area contributed by atoms with Crippen molar-refractivity contribution in [3.05, 3.63) is 53.8 Å². The van der Waals surface area contributed by atoms with Crippen LogP contribution in [-0.4, -0.2) is 68.4 Å². The smallest absolute Gasteiger partial charge is 0.330 e. The molecule has 1 fully saturated rings. The molecule has 0 spiro atoms. The highest BCUT2D eigenvalue weighted by Crippen LogP contribution is 2.28. The molecule has 1 aliphatic heterocycles. The van der Waals surface area contributed by atoms with E-state index in [9.17, 15) is 9.59 Å². The number of Topliss-reactive ketones (excluding diaryl/α,β-unsaturated/α-hetero) is 1. The number of benzene rings is 1. The predicted octanol–water partition coefficient (Wildman–Crippen LogP) is 2.56. The fourth-order valence-electron chi connectivity index (χ4n) is 3.02. The van der Waals surface area contributed by atoms with Crippen LogP contribution in [0.4, 0.5) is 0 Å². The Hall–Kier alpha value is -2.70. The Labute approximate surface area is 159 Å². The third kappa shape index (κ3) is 4.93. The van der Waals surface area contributed by atoms with E-state index in [1.54, 1.807) is 6.07 Å². The van der Waals surface area contributed by atoms with Crippen molar-refractivity contribution in [3.63, 3.8) is 0 Å². The Morgan fingerprint density at radius 1 is 1.15 bits per heavy atom. The van der Waals surface area contributed by atoms with Crippen LogP contribution >= 0.6 is 0 Å². The third-order valence-electron chi connectivity index (χ3n) is 4.64. The number of methoxy groups -OCH3 is 1. The molecule has 6 heteroatoms. The zero-order valence-electron chi connectivity index (χ0n) is 15.7. The lowest BCUT2D eigenvalue weighted by Crippen LogP contribution is -2.46. The maximum Gasteiger partial charge on any atom is 0.330 e. The molecule has 1 saturated heterocycles. The minimum absolute atomic E-state index is 0.0138. The Bertz CT molecular complexity index is 818. The van der Waals surface area contributed by atoms with Crippen molar-refractivity contribution < 1.29 is 18.7 Å². The van der Waals surface area contributed by atoms with Gasteiger partial charge in [0, 0.05) is 37.8 Å². The molecule has 3 rings (SSSR count). The lowest BCUT2D eigenvalue weighted by Gasteiger charge is -2.31. The maximum absolute atomic E-state index is 13.0. The monoisotopic (exact) mass is 368 g/mol. The number of rotatable bonds is 6. The zero-order valence-corrected chi connectivity index (χ0v) is 15.7. The number of nitrogens with zero attached hydrogens (tertiary/aromatic N) is 2. The third-order valence-corrected chi connectivity index (χ3v) is 4.64. The van der Waals surface area contributed by atoms with Crippen molar-refractivity contribution in [2.45, 2.75) is 0 Å². The van der Waals surface area contributed by atoms with E-state index in [1.165, 1.54) is 19.3 Å². The minimum atomic E-state index is -0.474. The molecule has 1 aromatic carbocycles. The quantitative estimate of drug-likeness (QED) is 0.444. The molecule has 6 nitrogen and oxygen atoms in total. The molecule has 0 radical (unpaired) electrons. The number of carbonyl (C=O) groups excluding carboxylic acids is 2. The summed E-state index contributed by atoms with van der Waals surface area (Å²) in [7, 11) is 3.40. The van der Waals surface area contributed by atoms with Crippen molar-refractivity contribution in [2.75, 3.05) is 46.9 Å². The van der Waals surface area contributed by atoms with Gasteiger partial charge in [0.1, 0.15) is 11.5 Å². The van der Waals surface area contributed by atoms with E-state index in [4.69, 9.17) is 4.42 Å². The molecule has 2 heterocycles. The van der Waals surface area contributed by atoms with Gasteiger partial charge in [0.2, 0.25) is 0 Å². The summed E-state index contributed by atoms with van der Waals surface area (Å²) < 4.78 is 10.5. The number of ketones is 1. The van der Waals surface area contributed by atoms with Crippen molar-refractivity contribution in [1.29, 1.82) is 0 Å². The fourth-order valence-corrected chi connectivity index (χ4v) is 3.02. The average Bonchev–Trinajstić information content (AvgIpc) is 3.13. The van der Waals surface area contributed by atoms with E-state index in [0.29, 0.717) is 23.6 Å². The second-order valence-electron chi connectivity index (χ2n) is 6.62. The van der Waals surface area contributed by atoms with Crippen LogP contribution in [0, 0.1) is 0 Å². The highest BCUT2D eigenvalue weighted by molar-refractivity contribution is 6.03. The summed E-state index contributed by atoms with van der Waals surface area (Å²) in [5.41, 5.74) is 1.36. The molecule has 0 N–H and O–H groups in total. The highest BCUT2D eigenvalue weighted by atomic mass is 16.5. The van der Waals surface area contributed by atoms with Crippen molar-refractivity contribution >= 4 is 17.8 Å². The van der Waals surface area contributed by atoms with Gasteiger partial charge in [0.25, 0.3) is 0 Å². The molecule has 0 saturated carbocycles. The van der Waals surface area contributed by atoms with Gasteiger partial charge in [0.15, 0.2) is 5.78 Å². The molecule has 0 unspecified atom stereocenters. The van der Waals surface area contributed by atoms with Gasteiger partial charge in [-0.2, -0.15) is 0 Å². The molecule has 2 aromatic rings. The van der Waals surface area contributed by atoms with Crippen LogP contribution in [0.25, 0.3) is 17.4 Å². The summed E-state index contributed by atoms with van der Waals surface area (Å²) in [6.45, 7) is 4.01. The molecule has 1 aliphatic rings. The Morgan fingerprint density at radius 3 is 2.52 bits per heavy atom. The SMILES string of the molecule is COC(=O)/C=C/c1cc(C(=O)CN2CCN(C)CC2)c(-c2ccccc2)o1. The summed E-state index contributed by atoms with van der Waals surface area (Å²) >= 11 is 0. The molecule has 1 aromatic heterocycles. The maximum atomic E-state index is 13.0. The fraction of sp³-hybridized carbons (Fsp3) is 0.333. The molecule has 0 amide bonds. The number of piperazine rings is 1. The second kappa shape index (κ2) is 8.79. The largest absolute Gasteiger partial charge is 0.466 e. The van der Waals surface area contributed by atoms with E-state index in [2.05, 4.69) is 21.6 Å². The number of likely N-dealkylation sites (N-methyl/N-ethyl adjacent to an activating group) is 1. The summed E-state index contributed by atoms with van der Waals surface area (Å²) in [5.74, 6) is 0.512. The standard InChI is InChI=1S/C21H24N2O4/c1-22-10-12-23(13-11-22)15-19(24)18-14-17(8-9-20(25)26-2)27-21(18)16-6-4-3-5-7-16/h3-9,14H,10-13,15H2,1-2H3/b9-8+. The summed E-state index contributed by atoms with van der Waals surface area (Å²) in [5, 5.41) is 0. The Balaban J connectivity index is 1.85. The van der Waals surface area contributed by atoms with Gasteiger partial charge >= 0.3 is 5.97 Å². The lowest BCUT2D eigenvalue weighted by molar-refractivity contribution is -0.134. The van der Waals surface area contributed by atoms with Crippen molar-refractivity contribution in [3.8, 4) is 11.3 Å². The summed E-state index contributed by atoms with van der Waals surface area (Å²) in [6, 6.07) is 11.2. The van der Waals surface area contributed by atoms with E-state index >= 15 is 0 Å². The number of hydrogen-bond donors (Lipinski definition) is 0. The number of carbonyl (C=O) groups is 2. The van der Waals surface area contributed by atoms with Crippen LogP contribution in [0.2, 0.25) is 0 Å². The molecular formula is C21H24N2O4. The second-order valence-corrected chi connectivity index (χ2v) is 6.62. The van der Waals surface area contributed by atoms with Gasteiger partial charge < -0.3 is 14.1 Å². The first-order valence-corrected chi connectivity index (χ1v) is 8.96. The van der Waals surface area contributed by atoms with Gasteiger partial charge in [-0.25, -0.2) is 4.79 Å². The molecule has 0 atom stereocenters.